The van der Waals surface area contributed by atoms with E-state index in [1.807, 2.05) is 57.3 Å². The molecule has 0 aliphatic carbocycles. The number of amides is 1. The van der Waals surface area contributed by atoms with Crippen LogP contribution in [0, 0.1) is 0 Å². The minimum absolute atomic E-state index is 0.278. The highest BCUT2D eigenvalue weighted by molar-refractivity contribution is 9.10. The number of carbonyl (C=O) groups is 1. The molecule has 5 rings (SSSR count). The maximum absolute atomic E-state index is 12.4. The van der Waals surface area contributed by atoms with Crippen molar-refractivity contribution in [2.45, 2.75) is 32.8 Å². The third kappa shape index (κ3) is 5.91. The molecule has 9 nitrogen and oxygen atoms in total. The van der Waals surface area contributed by atoms with Crippen molar-refractivity contribution >= 4 is 61.8 Å². The molecule has 3 N–H and O–H groups in total. The molecule has 1 aromatic carbocycles. The van der Waals surface area contributed by atoms with Crippen LogP contribution in [0.15, 0.2) is 65.5 Å². The quantitative estimate of drug-likeness (QED) is 0.251. The van der Waals surface area contributed by atoms with Gasteiger partial charge < -0.3 is 25.3 Å². The van der Waals surface area contributed by atoms with E-state index in [4.69, 9.17) is 4.74 Å². The summed E-state index contributed by atoms with van der Waals surface area (Å²) in [6.45, 7) is 6.78. The number of nitrogens with one attached hydrogen (secondary N) is 3. The van der Waals surface area contributed by atoms with Crippen molar-refractivity contribution in [3.63, 3.8) is 0 Å². The summed E-state index contributed by atoms with van der Waals surface area (Å²) in [6.07, 6.45) is 8.01. The lowest BCUT2D eigenvalue weighted by Crippen LogP contribution is -2.39. The zero-order valence-electron chi connectivity index (χ0n) is 20.9. The number of benzene rings is 1. The van der Waals surface area contributed by atoms with E-state index < -0.39 is 5.60 Å². The average molecular weight is 562 g/mol. The number of ether oxygens (including phenoxy) is 1. The van der Waals surface area contributed by atoms with Crippen LogP contribution in [0.5, 0.6) is 0 Å². The first kappa shape index (κ1) is 24.8. The molecular formula is C27H28BrN7O2. The summed E-state index contributed by atoms with van der Waals surface area (Å²) in [4.78, 5) is 30.8. The minimum atomic E-state index is -0.505. The number of pyridine rings is 1. The van der Waals surface area contributed by atoms with Crippen LogP contribution < -0.4 is 10.6 Å². The van der Waals surface area contributed by atoms with Crippen molar-refractivity contribution in [3.8, 4) is 0 Å². The Hall–Kier alpha value is -3.92. The van der Waals surface area contributed by atoms with Crippen LogP contribution in [0.3, 0.4) is 0 Å². The second kappa shape index (κ2) is 10.2. The van der Waals surface area contributed by atoms with E-state index in [1.165, 1.54) is 5.57 Å². The monoisotopic (exact) mass is 561 g/mol. The summed E-state index contributed by atoms with van der Waals surface area (Å²) in [5.41, 5.74) is 3.72. The first-order chi connectivity index (χ1) is 17.7. The van der Waals surface area contributed by atoms with Crippen molar-refractivity contribution in [1.29, 1.82) is 0 Å². The van der Waals surface area contributed by atoms with Gasteiger partial charge in [0.05, 0.1) is 4.47 Å². The Bertz CT molecular complexity index is 1460. The first-order valence-corrected chi connectivity index (χ1v) is 12.8. The van der Waals surface area contributed by atoms with Crippen molar-refractivity contribution < 1.29 is 9.53 Å². The van der Waals surface area contributed by atoms with Gasteiger partial charge in [-0.1, -0.05) is 12.1 Å². The minimum Gasteiger partial charge on any atom is -0.444 e. The number of aromatic amines is 1. The normalized spacial score (nSPS) is 13.8. The number of hydrogen-bond donors (Lipinski definition) is 3. The molecule has 1 amide bonds. The Morgan fingerprint density at radius 1 is 1.16 bits per heavy atom. The van der Waals surface area contributed by atoms with Crippen molar-refractivity contribution in [2.75, 3.05) is 23.7 Å². The Kier molecular flexibility index (Phi) is 6.84. The summed E-state index contributed by atoms with van der Waals surface area (Å²) in [5.74, 6) is 1.77. The predicted octanol–water partition coefficient (Wildman–Crippen LogP) is 6.63. The molecule has 4 aromatic rings. The second-order valence-electron chi connectivity index (χ2n) is 9.72. The van der Waals surface area contributed by atoms with E-state index in [1.54, 1.807) is 17.3 Å². The number of hydrogen-bond acceptors (Lipinski definition) is 7. The average Bonchev–Trinajstić information content (AvgIpc) is 3.29. The second-order valence-corrected chi connectivity index (χ2v) is 10.6. The molecule has 0 radical (unpaired) electrons. The molecule has 37 heavy (non-hydrogen) atoms. The fourth-order valence-corrected chi connectivity index (χ4v) is 4.36. The van der Waals surface area contributed by atoms with E-state index >= 15 is 0 Å². The van der Waals surface area contributed by atoms with E-state index in [-0.39, 0.29) is 6.09 Å². The van der Waals surface area contributed by atoms with Gasteiger partial charge in [-0.05, 0) is 79.0 Å². The van der Waals surface area contributed by atoms with Gasteiger partial charge in [-0.3, -0.25) is 0 Å². The highest BCUT2D eigenvalue weighted by Crippen LogP contribution is 2.32. The molecule has 4 heterocycles. The summed E-state index contributed by atoms with van der Waals surface area (Å²) in [7, 11) is 0. The Morgan fingerprint density at radius 2 is 2.03 bits per heavy atom. The zero-order chi connectivity index (χ0) is 26.0. The van der Waals surface area contributed by atoms with Crippen LogP contribution in [0.4, 0.5) is 28.1 Å². The number of rotatable bonds is 5. The zero-order valence-corrected chi connectivity index (χ0v) is 22.5. The summed E-state index contributed by atoms with van der Waals surface area (Å²) in [5, 5.41) is 7.60. The molecule has 0 saturated heterocycles. The topological polar surface area (TPSA) is 108 Å². The lowest BCUT2D eigenvalue weighted by atomic mass is 9.99. The van der Waals surface area contributed by atoms with Crippen molar-refractivity contribution in [3.05, 3.63) is 71.1 Å². The highest BCUT2D eigenvalue weighted by Gasteiger charge is 2.24. The SMILES string of the molecule is CC(C)(C)OC(=O)N1CC=C(c2c[nH]c3ccc(Nc4ncc(Br)c(Nc5ccccn5)n4)cc23)CC1. The molecule has 0 atom stereocenters. The molecule has 0 saturated carbocycles. The standard InChI is InChI=1S/C27H28BrN7O2/c1-27(2,3)37-26(36)35-12-9-17(10-13-35)20-15-30-22-8-7-18(14-19(20)22)32-25-31-16-21(28)24(34-25)33-23-6-4-5-11-29-23/h4-9,11,14-16,30H,10,12-13H2,1-3H3,(H2,29,31,32,33,34). The van der Waals surface area contributed by atoms with Crippen LogP contribution in [0.2, 0.25) is 0 Å². The van der Waals surface area contributed by atoms with Gasteiger partial charge in [-0.15, -0.1) is 0 Å². The molecule has 3 aromatic heterocycles. The van der Waals surface area contributed by atoms with Gasteiger partial charge in [-0.25, -0.2) is 14.8 Å². The third-order valence-electron chi connectivity index (χ3n) is 5.80. The Balaban J connectivity index is 1.34. The number of nitrogens with zero attached hydrogens (tertiary/aromatic N) is 4. The van der Waals surface area contributed by atoms with Crippen LogP contribution in [-0.4, -0.2) is 49.6 Å². The van der Waals surface area contributed by atoms with E-state index in [0.29, 0.717) is 30.7 Å². The van der Waals surface area contributed by atoms with Crippen molar-refractivity contribution in [1.82, 2.24) is 24.8 Å². The van der Waals surface area contributed by atoms with E-state index in [9.17, 15) is 4.79 Å². The summed E-state index contributed by atoms with van der Waals surface area (Å²) < 4.78 is 6.25. The highest BCUT2D eigenvalue weighted by atomic mass is 79.9. The number of anilines is 4. The maximum atomic E-state index is 12.4. The van der Waals surface area contributed by atoms with Gasteiger partial charge in [-0.2, -0.15) is 4.98 Å². The third-order valence-corrected chi connectivity index (χ3v) is 6.38. The van der Waals surface area contributed by atoms with E-state index in [2.05, 4.69) is 58.6 Å². The van der Waals surface area contributed by atoms with Crippen molar-refractivity contribution in [2.24, 2.45) is 0 Å². The van der Waals surface area contributed by atoms with Gasteiger partial charge in [0.2, 0.25) is 5.95 Å². The van der Waals surface area contributed by atoms with Gasteiger partial charge in [0.25, 0.3) is 0 Å². The molecule has 0 bridgehead atoms. The Morgan fingerprint density at radius 3 is 2.76 bits per heavy atom. The molecule has 0 unspecified atom stereocenters. The molecule has 0 spiro atoms. The van der Waals surface area contributed by atoms with Crippen LogP contribution >= 0.6 is 15.9 Å². The fourth-order valence-electron chi connectivity index (χ4n) is 4.07. The van der Waals surface area contributed by atoms with Crippen LogP contribution in [0.1, 0.15) is 32.8 Å². The number of fused-ring (bicyclic) bond motifs is 1. The Labute approximate surface area is 223 Å². The largest absolute Gasteiger partial charge is 0.444 e. The van der Waals surface area contributed by atoms with Crippen LogP contribution in [-0.2, 0) is 4.74 Å². The predicted molar refractivity (Wildman–Crippen MR) is 149 cm³/mol. The van der Waals surface area contributed by atoms with Crippen LogP contribution in [0.25, 0.3) is 16.5 Å². The molecular weight excluding hydrogens is 534 g/mol. The summed E-state index contributed by atoms with van der Waals surface area (Å²) in [6, 6.07) is 11.7. The number of carbonyl (C=O) groups excluding carboxylic acids is 1. The lowest BCUT2D eigenvalue weighted by molar-refractivity contribution is 0.0270. The van der Waals surface area contributed by atoms with E-state index in [0.717, 1.165) is 33.0 Å². The molecule has 1 aliphatic rings. The van der Waals surface area contributed by atoms with Gasteiger partial charge in [0, 0.05) is 53.8 Å². The first-order valence-electron chi connectivity index (χ1n) is 12.0. The maximum Gasteiger partial charge on any atom is 0.410 e. The van der Waals surface area contributed by atoms with Gasteiger partial charge in [0.1, 0.15) is 11.4 Å². The molecule has 0 fully saturated rings. The number of H-pyrrole nitrogens is 1. The molecule has 1 aliphatic heterocycles. The lowest BCUT2D eigenvalue weighted by Gasteiger charge is -2.29. The molecule has 190 valence electrons. The molecule has 10 heteroatoms. The fraction of sp³-hybridized carbons (Fsp3) is 0.259. The number of halogens is 1. The number of aromatic nitrogens is 4. The van der Waals surface area contributed by atoms with Gasteiger partial charge >= 0.3 is 6.09 Å². The smallest absolute Gasteiger partial charge is 0.410 e. The summed E-state index contributed by atoms with van der Waals surface area (Å²) >= 11 is 3.50. The van der Waals surface area contributed by atoms with Gasteiger partial charge in [0.15, 0.2) is 5.82 Å².